The lowest BCUT2D eigenvalue weighted by Crippen LogP contribution is -2.37. The Balaban J connectivity index is 2.78. The number of guanidine groups is 1. The first-order valence-corrected chi connectivity index (χ1v) is 6.47. The lowest BCUT2D eigenvalue weighted by Gasteiger charge is -2.13. The Morgan fingerprint density at radius 1 is 1.37 bits per heavy atom. The van der Waals surface area contributed by atoms with E-state index in [0.717, 1.165) is 5.69 Å². The number of hydrogen-bond donors (Lipinski definition) is 3. The number of nitrogens with one attached hydrogen (secondary N) is 2. The van der Waals surface area contributed by atoms with Crippen molar-refractivity contribution < 1.29 is 4.74 Å². The van der Waals surface area contributed by atoms with Crippen molar-refractivity contribution in [3.63, 3.8) is 0 Å². The van der Waals surface area contributed by atoms with E-state index in [4.69, 9.17) is 10.6 Å². The number of anilines is 1. The Morgan fingerprint density at radius 3 is 2.68 bits per heavy atom. The molecule has 106 valence electrons. The van der Waals surface area contributed by atoms with Crippen LogP contribution in [0.15, 0.2) is 29.3 Å². The molecule has 0 aliphatic rings. The highest BCUT2D eigenvalue weighted by molar-refractivity contribution is 5.93. The fraction of sp³-hybridized carbons (Fsp3) is 0.500. The van der Waals surface area contributed by atoms with Crippen molar-refractivity contribution in [2.24, 2.45) is 10.8 Å². The lowest BCUT2D eigenvalue weighted by atomic mass is 10.0. The van der Waals surface area contributed by atoms with Gasteiger partial charge in [-0.2, -0.15) is 0 Å². The van der Waals surface area contributed by atoms with Crippen molar-refractivity contribution in [2.45, 2.75) is 32.7 Å². The molecule has 4 N–H and O–H groups in total. The molecule has 1 unspecified atom stereocenters. The van der Waals surface area contributed by atoms with Crippen LogP contribution in [-0.4, -0.2) is 25.7 Å². The zero-order valence-corrected chi connectivity index (χ0v) is 12.1. The van der Waals surface area contributed by atoms with Crippen LogP contribution in [0.2, 0.25) is 0 Å². The van der Waals surface area contributed by atoms with Gasteiger partial charge in [-0.3, -0.25) is 5.43 Å². The van der Waals surface area contributed by atoms with Crippen molar-refractivity contribution in [1.82, 2.24) is 5.43 Å². The van der Waals surface area contributed by atoms with Crippen LogP contribution in [0.5, 0.6) is 0 Å². The van der Waals surface area contributed by atoms with Crippen molar-refractivity contribution in [3.05, 3.63) is 29.8 Å². The molecule has 0 aromatic heterocycles. The molecule has 0 spiro atoms. The normalized spacial score (nSPS) is 13.5. The average molecular weight is 264 g/mol. The summed E-state index contributed by atoms with van der Waals surface area (Å²) in [6.45, 7) is 6.85. The van der Waals surface area contributed by atoms with E-state index in [9.17, 15) is 0 Å². The molecule has 0 aliphatic heterocycles. The predicted octanol–water partition coefficient (Wildman–Crippen LogP) is 2.08. The van der Waals surface area contributed by atoms with Gasteiger partial charge in [0, 0.05) is 12.8 Å². The van der Waals surface area contributed by atoms with Crippen LogP contribution in [0, 0.1) is 0 Å². The Morgan fingerprint density at radius 2 is 2.11 bits per heavy atom. The van der Waals surface area contributed by atoms with Gasteiger partial charge < -0.3 is 10.1 Å². The molecule has 1 aromatic rings. The Bertz CT molecular complexity index is 418. The van der Waals surface area contributed by atoms with Gasteiger partial charge in [0.1, 0.15) is 0 Å². The maximum atomic E-state index is 5.48. The first-order chi connectivity index (χ1) is 9.06. The summed E-state index contributed by atoms with van der Waals surface area (Å²) in [5, 5.41) is 3.17. The second kappa shape index (κ2) is 7.76. The van der Waals surface area contributed by atoms with Gasteiger partial charge in [-0.05, 0) is 30.5 Å². The van der Waals surface area contributed by atoms with Crippen LogP contribution in [0.4, 0.5) is 5.69 Å². The van der Waals surface area contributed by atoms with Gasteiger partial charge in [-0.15, -0.1) is 0 Å². The molecule has 5 heteroatoms. The Kier molecular flexibility index (Phi) is 6.32. The predicted molar refractivity (Wildman–Crippen MR) is 80.2 cm³/mol. The van der Waals surface area contributed by atoms with E-state index < -0.39 is 0 Å². The molecule has 1 rings (SSSR count). The summed E-state index contributed by atoms with van der Waals surface area (Å²) in [7, 11) is 1.65. The second-order valence-electron chi connectivity index (χ2n) is 4.83. The molecule has 19 heavy (non-hydrogen) atoms. The maximum absolute atomic E-state index is 5.48. The number of rotatable bonds is 5. The number of nitrogens with two attached hydrogens (primary N) is 1. The molecule has 0 bridgehead atoms. The van der Waals surface area contributed by atoms with E-state index >= 15 is 0 Å². The van der Waals surface area contributed by atoms with Crippen LogP contribution in [0.3, 0.4) is 0 Å². The fourth-order valence-electron chi connectivity index (χ4n) is 1.72. The summed E-state index contributed by atoms with van der Waals surface area (Å²) < 4.78 is 5.05. The average Bonchev–Trinajstić information content (AvgIpc) is 2.38. The third kappa shape index (κ3) is 5.28. The van der Waals surface area contributed by atoms with Gasteiger partial charge >= 0.3 is 0 Å². The van der Waals surface area contributed by atoms with Crippen molar-refractivity contribution >= 4 is 11.6 Å². The van der Waals surface area contributed by atoms with Crippen molar-refractivity contribution in [1.29, 1.82) is 0 Å². The van der Waals surface area contributed by atoms with Gasteiger partial charge in [-0.1, -0.05) is 26.0 Å². The van der Waals surface area contributed by atoms with Crippen LogP contribution in [0.25, 0.3) is 0 Å². The third-order valence-corrected chi connectivity index (χ3v) is 2.71. The molecule has 1 aromatic carbocycles. The summed E-state index contributed by atoms with van der Waals surface area (Å²) in [5.74, 6) is 6.50. The SMILES string of the molecule is COCC(C)N=C(NN)Nc1cccc(C(C)C)c1. The van der Waals surface area contributed by atoms with Crippen molar-refractivity contribution in [3.8, 4) is 0 Å². The van der Waals surface area contributed by atoms with E-state index in [0.29, 0.717) is 18.5 Å². The van der Waals surface area contributed by atoms with Crippen LogP contribution in [-0.2, 0) is 4.74 Å². The van der Waals surface area contributed by atoms with E-state index in [1.807, 2.05) is 19.1 Å². The standard InChI is InChI=1S/C14H24N4O/c1-10(2)12-6-5-7-13(8-12)17-14(18-15)16-11(3)9-19-4/h5-8,10-11H,9,15H2,1-4H3,(H2,16,17,18). The van der Waals surface area contributed by atoms with E-state index in [-0.39, 0.29) is 6.04 Å². The van der Waals surface area contributed by atoms with Gasteiger partial charge in [0.2, 0.25) is 5.96 Å². The van der Waals surface area contributed by atoms with Gasteiger partial charge in [-0.25, -0.2) is 10.8 Å². The summed E-state index contributed by atoms with van der Waals surface area (Å²) >= 11 is 0. The minimum atomic E-state index is 0.0387. The van der Waals surface area contributed by atoms with E-state index in [2.05, 4.69) is 41.7 Å². The molecule has 0 saturated heterocycles. The monoisotopic (exact) mass is 264 g/mol. The fourth-order valence-corrected chi connectivity index (χ4v) is 1.72. The van der Waals surface area contributed by atoms with Crippen molar-refractivity contribution in [2.75, 3.05) is 19.0 Å². The lowest BCUT2D eigenvalue weighted by molar-refractivity contribution is 0.185. The van der Waals surface area contributed by atoms with Crippen LogP contribution in [0.1, 0.15) is 32.3 Å². The molecular weight excluding hydrogens is 240 g/mol. The highest BCUT2D eigenvalue weighted by atomic mass is 16.5. The van der Waals surface area contributed by atoms with E-state index in [1.165, 1.54) is 5.56 Å². The second-order valence-corrected chi connectivity index (χ2v) is 4.83. The molecule has 0 fully saturated rings. The molecule has 0 aliphatic carbocycles. The van der Waals surface area contributed by atoms with Gasteiger partial charge in [0.05, 0.1) is 12.6 Å². The number of nitrogens with zero attached hydrogens (tertiary/aromatic N) is 1. The molecule has 1 atom stereocenters. The first-order valence-electron chi connectivity index (χ1n) is 6.47. The number of hydrogen-bond acceptors (Lipinski definition) is 3. The largest absolute Gasteiger partial charge is 0.382 e. The summed E-state index contributed by atoms with van der Waals surface area (Å²) in [6, 6.07) is 8.25. The quantitative estimate of drug-likeness (QED) is 0.329. The van der Waals surface area contributed by atoms with Gasteiger partial charge in [0.15, 0.2) is 0 Å². The van der Waals surface area contributed by atoms with Crippen LogP contribution >= 0.6 is 0 Å². The summed E-state index contributed by atoms with van der Waals surface area (Å²) in [6.07, 6.45) is 0. The minimum absolute atomic E-state index is 0.0387. The first kappa shape index (κ1) is 15.5. The van der Waals surface area contributed by atoms with E-state index in [1.54, 1.807) is 7.11 Å². The molecule has 0 saturated carbocycles. The number of aliphatic imine (C=N–C) groups is 1. The van der Waals surface area contributed by atoms with Crippen LogP contribution < -0.4 is 16.6 Å². The summed E-state index contributed by atoms with van der Waals surface area (Å²) in [4.78, 5) is 4.40. The highest BCUT2D eigenvalue weighted by Crippen LogP contribution is 2.18. The molecule has 0 heterocycles. The number of methoxy groups -OCH3 is 1. The minimum Gasteiger partial charge on any atom is -0.382 e. The number of benzene rings is 1. The molecule has 5 nitrogen and oxygen atoms in total. The molecule has 0 radical (unpaired) electrons. The zero-order chi connectivity index (χ0) is 14.3. The highest BCUT2D eigenvalue weighted by Gasteiger charge is 2.04. The number of hydrazine groups is 1. The Hall–Kier alpha value is -1.59. The van der Waals surface area contributed by atoms with Gasteiger partial charge in [0.25, 0.3) is 0 Å². The third-order valence-electron chi connectivity index (χ3n) is 2.71. The zero-order valence-electron chi connectivity index (χ0n) is 12.1. The maximum Gasteiger partial charge on any atom is 0.210 e. The topological polar surface area (TPSA) is 71.7 Å². The Labute approximate surface area is 115 Å². The number of ether oxygens (including phenoxy) is 1. The summed E-state index contributed by atoms with van der Waals surface area (Å²) in [5.41, 5.74) is 4.81. The molecular formula is C14H24N4O. The smallest absolute Gasteiger partial charge is 0.210 e. The molecule has 0 amide bonds.